The van der Waals surface area contributed by atoms with Crippen LogP contribution in [-0.4, -0.2) is 36.1 Å². The molecule has 0 bridgehead atoms. The van der Waals surface area contributed by atoms with E-state index in [0.717, 1.165) is 24.6 Å². The van der Waals surface area contributed by atoms with Crippen LogP contribution in [0.2, 0.25) is 0 Å². The highest BCUT2D eigenvalue weighted by Gasteiger charge is 2.10. The lowest BCUT2D eigenvalue weighted by molar-refractivity contribution is -0.116. The zero-order valence-electron chi connectivity index (χ0n) is 13.9. The molecule has 0 saturated carbocycles. The van der Waals surface area contributed by atoms with Crippen molar-refractivity contribution in [1.29, 1.82) is 0 Å². The summed E-state index contributed by atoms with van der Waals surface area (Å²) in [5, 5.41) is 6.17. The fourth-order valence-electron chi connectivity index (χ4n) is 1.97. The monoisotopic (exact) mass is 292 g/mol. The number of hydrogen-bond acceptors (Lipinski definition) is 4. The van der Waals surface area contributed by atoms with Gasteiger partial charge in [-0.1, -0.05) is 0 Å². The van der Waals surface area contributed by atoms with Crippen LogP contribution in [0.4, 0.5) is 11.5 Å². The highest BCUT2D eigenvalue weighted by Crippen LogP contribution is 2.14. The molecule has 1 rings (SSSR count). The molecule has 118 valence electrons. The van der Waals surface area contributed by atoms with Gasteiger partial charge in [0.1, 0.15) is 5.82 Å². The van der Waals surface area contributed by atoms with Gasteiger partial charge in [0.15, 0.2) is 0 Å². The molecule has 0 unspecified atom stereocenters. The molecule has 5 heteroatoms. The largest absolute Gasteiger partial charge is 0.357 e. The lowest BCUT2D eigenvalue weighted by atomic mass is 10.1. The number of anilines is 2. The molecule has 1 aromatic rings. The number of nitrogens with one attached hydrogen (secondary N) is 2. The van der Waals surface area contributed by atoms with Crippen LogP contribution in [0.15, 0.2) is 18.3 Å². The van der Waals surface area contributed by atoms with Gasteiger partial charge in [0.05, 0.1) is 11.9 Å². The fourth-order valence-corrected chi connectivity index (χ4v) is 1.97. The zero-order valence-corrected chi connectivity index (χ0v) is 13.9. The third-order valence-corrected chi connectivity index (χ3v) is 3.13. The summed E-state index contributed by atoms with van der Waals surface area (Å²) in [6, 6.07) is 3.84. The first kappa shape index (κ1) is 17.4. The molecule has 2 N–H and O–H groups in total. The Balaban J connectivity index is 2.46. The maximum absolute atomic E-state index is 11.8. The average Bonchev–Trinajstić information content (AvgIpc) is 2.40. The highest BCUT2D eigenvalue weighted by atomic mass is 16.1. The molecule has 0 aromatic carbocycles. The molecule has 21 heavy (non-hydrogen) atoms. The van der Waals surface area contributed by atoms with E-state index >= 15 is 0 Å². The number of pyridine rings is 1. The molecule has 0 spiro atoms. The number of carbonyl (C=O) groups excluding carboxylic acids is 1. The summed E-state index contributed by atoms with van der Waals surface area (Å²) in [6.07, 6.45) is 2.16. The van der Waals surface area contributed by atoms with Crippen LogP contribution in [0.3, 0.4) is 0 Å². The molecule has 1 aromatic heterocycles. The van der Waals surface area contributed by atoms with Crippen molar-refractivity contribution in [3.8, 4) is 0 Å². The topological polar surface area (TPSA) is 57.3 Å². The minimum atomic E-state index is 0.00383. The van der Waals surface area contributed by atoms with Crippen LogP contribution in [0.5, 0.6) is 0 Å². The molecule has 0 atom stereocenters. The predicted octanol–water partition coefficient (Wildman–Crippen LogP) is 2.64. The second kappa shape index (κ2) is 7.98. The van der Waals surface area contributed by atoms with Gasteiger partial charge in [-0.05, 0) is 46.8 Å². The number of amides is 1. The summed E-state index contributed by atoms with van der Waals surface area (Å²) in [4.78, 5) is 18.4. The number of nitrogens with zero attached hydrogens (tertiary/aromatic N) is 2. The molecule has 0 aliphatic heterocycles. The molecule has 1 heterocycles. The number of aromatic nitrogens is 1. The smallest absolute Gasteiger partial charge is 0.225 e. The number of hydrogen-bond donors (Lipinski definition) is 2. The van der Waals surface area contributed by atoms with E-state index in [1.807, 2.05) is 12.1 Å². The minimum absolute atomic E-state index is 0.00383. The van der Waals surface area contributed by atoms with E-state index in [0.29, 0.717) is 13.0 Å². The van der Waals surface area contributed by atoms with E-state index in [-0.39, 0.29) is 11.4 Å². The standard InChI is InChI=1S/C16H28N4O/c1-6-20(7-2)14-9-8-13(12-17-14)19-15(21)10-11-18-16(3,4)5/h8-9,12,18H,6-7,10-11H2,1-5H3,(H,19,21). The quantitative estimate of drug-likeness (QED) is 0.811. The Labute approximate surface area is 128 Å². The van der Waals surface area contributed by atoms with Gasteiger partial charge in [-0.25, -0.2) is 4.98 Å². The van der Waals surface area contributed by atoms with Crippen molar-refractivity contribution in [3.05, 3.63) is 18.3 Å². The first-order valence-electron chi connectivity index (χ1n) is 7.61. The van der Waals surface area contributed by atoms with E-state index in [1.54, 1.807) is 6.20 Å². The molecule has 5 nitrogen and oxygen atoms in total. The minimum Gasteiger partial charge on any atom is -0.357 e. The average molecular weight is 292 g/mol. The van der Waals surface area contributed by atoms with Crippen LogP contribution >= 0.6 is 0 Å². The maximum atomic E-state index is 11.8. The summed E-state index contributed by atoms with van der Waals surface area (Å²) in [5.74, 6) is 0.941. The van der Waals surface area contributed by atoms with Gasteiger partial charge >= 0.3 is 0 Å². The fraction of sp³-hybridized carbons (Fsp3) is 0.625. The highest BCUT2D eigenvalue weighted by molar-refractivity contribution is 5.90. The molecular formula is C16H28N4O. The zero-order chi connectivity index (χ0) is 15.9. The Bertz CT molecular complexity index is 433. The van der Waals surface area contributed by atoms with E-state index in [9.17, 15) is 4.79 Å². The lowest BCUT2D eigenvalue weighted by Crippen LogP contribution is -2.37. The van der Waals surface area contributed by atoms with Gasteiger partial charge in [-0.15, -0.1) is 0 Å². The van der Waals surface area contributed by atoms with Gasteiger partial charge < -0.3 is 15.5 Å². The van der Waals surface area contributed by atoms with Crippen molar-refractivity contribution in [2.75, 3.05) is 29.9 Å². The van der Waals surface area contributed by atoms with Crippen LogP contribution in [-0.2, 0) is 4.79 Å². The van der Waals surface area contributed by atoms with Gasteiger partial charge in [-0.2, -0.15) is 0 Å². The first-order valence-corrected chi connectivity index (χ1v) is 7.61. The third kappa shape index (κ3) is 6.58. The van der Waals surface area contributed by atoms with Crippen molar-refractivity contribution in [3.63, 3.8) is 0 Å². The summed E-state index contributed by atoms with van der Waals surface area (Å²) < 4.78 is 0. The van der Waals surface area contributed by atoms with Crippen LogP contribution < -0.4 is 15.5 Å². The molecule has 0 saturated heterocycles. The lowest BCUT2D eigenvalue weighted by Gasteiger charge is -2.20. The molecule has 0 aliphatic carbocycles. The van der Waals surface area contributed by atoms with Crippen molar-refractivity contribution in [2.24, 2.45) is 0 Å². The summed E-state index contributed by atoms with van der Waals surface area (Å²) in [5.41, 5.74) is 0.777. The normalized spacial score (nSPS) is 11.3. The van der Waals surface area contributed by atoms with Gasteiger partial charge in [0.2, 0.25) is 5.91 Å². The molecule has 0 aliphatic rings. The van der Waals surface area contributed by atoms with E-state index in [2.05, 4.69) is 55.1 Å². The van der Waals surface area contributed by atoms with Crippen molar-refractivity contribution in [1.82, 2.24) is 10.3 Å². The number of carbonyl (C=O) groups is 1. The molecule has 0 radical (unpaired) electrons. The van der Waals surface area contributed by atoms with Gasteiger partial charge in [-0.3, -0.25) is 4.79 Å². The van der Waals surface area contributed by atoms with Crippen LogP contribution in [0, 0.1) is 0 Å². The Hall–Kier alpha value is -1.62. The second-order valence-electron chi connectivity index (χ2n) is 6.05. The third-order valence-electron chi connectivity index (χ3n) is 3.13. The SMILES string of the molecule is CCN(CC)c1ccc(NC(=O)CCNC(C)(C)C)cn1. The summed E-state index contributed by atoms with van der Waals surface area (Å²) in [7, 11) is 0. The van der Waals surface area contributed by atoms with E-state index < -0.39 is 0 Å². The summed E-state index contributed by atoms with van der Waals surface area (Å²) in [6.45, 7) is 13.0. The predicted molar refractivity (Wildman–Crippen MR) is 88.8 cm³/mol. The van der Waals surface area contributed by atoms with Gasteiger partial charge in [0, 0.05) is 31.6 Å². The van der Waals surface area contributed by atoms with Crippen molar-refractivity contribution >= 4 is 17.4 Å². The second-order valence-corrected chi connectivity index (χ2v) is 6.05. The van der Waals surface area contributed by atoms with Crippen LogP contribution in [0.25, 0.3) is 0 Å². The maximum Gasteiger partial charge on any atom is 0.225 e. The number of rotatable bonds is 7. The molecular weight excluding hydrogens is 264 g/mol. The Kier molecular flexibility index (Phi) is 6.62. The van der Waals surface area contributed by atoms with E-state index in [4.69, 9.17) is 0 Å². The Morgan fingerprint density at radius 2 is 1.90 bits per heavy atom. The van der Waals surface area contributed by atoms with E-state index in [1.165, 1.54) is 0 Å². The van der Waals surface area contributed by atoms with Crippen molar-refractivity contribution < 1.29 is 4.79 Å². The Morgan fingerprint density at radius 1 is 1.24 bits per heavy atom. The molecule has 1 amide bonds. The first-order chi connectivity index (χ1) is 9.85. The summed E-state index contributed by atoms with van der Waals surface area (Å²) >= 11 is 0. The Morgan fingerprint density at radius 3 is 2.38 bits per heavy atom. The van der Waals surface area contributed by atoms with Gasteiger partial charge in [0.25, 0.3) is 0 Å². The van der Waals surface area contributed by atoms with Crippen LogP contribution in [0.1, 0.15) is 41.0 Å². The molecule has 0 fully saturated rings. The van der Waals surface area contributed by atoms with Crippen molar-refractivity contribution in [2.45, 2.75) is 46.6 Å².